The minimum absolute atomic E-state index is 0.284. The van der Waals surface area contributed by atoms with E-state index in [-0.39, 0.29) is 5.75 Å². The number of rotatable bonds is 1. The van der Waals surface area contributed by atoms with Gasteiger partial charge in [-0.1, -0.05) is 29.8 Å². The van der Waals surface area contributed by atoms with Gasteiger partial charge in [-0.15, -0.1) is 0 Å². The van der Waals surface area contributed by atoms with Crippen LogP contribution in [0, 0.1) is 19.1 Å². The van der Waals surface area contributed by atoms with Crippen molar-refractivity contribution in [2.75, 3.05) is 0 Å². The fourth-order valence-electron chi connectivity index (χ4n) is 1.38. The van der Waals surface area contributed by atoms with E-state index in [4.69, 9.17) is 0 Å². The van der Waals surface area contributed by atoms with Crippen LogP contribution in [0.15, 0.2) is 36.4 Å². The first-order valence-electron chi connectivity index (χ1n) is 4.46. The molecule has 1 heteroatoms. The van der Waals surface area contributed by atoms with Crippen molar-refractivity contribution in [1.29, 1.82) is 0 Å². The quantitative estimate of drug-likeness (QED) is 0.718. The van der Waals surface area contributed by atoms with Gasteiger partial charge in [0.2, 0.25) is 0 Å². The van der Waals surface area contributed by atoms with E-state index < -0.39 is 0 Å². The minimum atomic E-state index is 0.284. The zero-order chi connectivity index (χ0) is 9.97. The van der Waals surface area contributed by atoms with E-state index in [0.29, 0.717) is 0 Å². The zero-order valence-corrected chi connectivity index (χ0v) is 7.91. The highest BCUT2D eigenvalue weighted by Crippen LogP contribution is 2.28. The first-order chi connectivity index (χ1) is 6.77. The van der Waals surface area contributed by atoms with Crippen LogP contribution in [0.1, 0.15) is 5.56 Å². The maximum atomic E-state index is 9.65. The molecule has 0 aliphatic rings. The average Bonchev–Trinajstić information content (AvgIpc) is 2.23. The number of phenols is 1. The Morgan fingerprint density at radius 2 is 2.07 bits per heavy atom. The number of hydrogen-bond donors (Lipinski definition) is 1. The van der Waals surface area contributed by atoms with Crippen LogP contribution in [-0.4, -0.2) is 5.11 Å². The van der Waals surface area contributed by atoms with E-state index in [1.165, 1.54) is 0 Å². The van der Waals surface area contributed by atoms with Crippen LogP contribution >= 0.6 is 0 Å². The average molecular weight is 182 g/mol. The lowest BCUT2D eigenvalue weighted by Crippen LogP contribution is -1.79. The highest BCUT2D eigenvalue weighted by atomic mass is 16.3. The Hall–Kier alpha value is -1.94. The predicted molar refractivity (Wildman–Crippen MR) is 56.0 cm³/mol. The molecular formula is C13H10O. The molecule has 0 spiro atoms. The number of aryl methyl sites for hydroxylation is 1. The maximum absolute atomic E-state index is 9.65. The van der Waals surface area contributed by atoms with Crippen molar-refractivity contribution in [2.24, 2.45) is 0 Å². The van der Waals surface area contributed by atoms with Crippen LogP contribution in [0.3, 0.4) is 0 Å². The SMILES string of the molecule is Cc1ccc(O)c(-c2c#cccc2)c1. The third kappa shape index (κ3) is 1.55. The van der Waals surface area contributed by atoms with Gasteiger partial charge in [0.05, 0.1) is 0 Å². The summed E-state index contributed by atoms with van der Waals surface area (Å²) in [6, 6.07) is 16.9. The van der Waals surface area contributed by atoms with Crippen molar-refractivity contribution in [3.05, 3.63) is 54.1 Å². The molecule has 2 aromatic rings. The van der Waals surface area contributed by atoms with Gasteiger partial charge >= 0.3 is 0 Å². The summed E-state index contributed by atoms with van der Waals surface area (Å²) in [6.07, 6.45) is 0. The Bertz CT molecular complexity index is 432. The Kier molecular flexibility index (Phi) is 2.12. The van der Waals surface area contributed by atoms with E-state index in [0.717, 1.165) is 16.7 Å². The number of aromatic hydroxyl groups is 1. The van der Waals surface area contributed by atoms with Crippen molar-refractivity contribution >= 4 is 0 Å². The lowest BCUT2D eigenvalue weighted by atomic mass is 10.0. The summed E-state index contributed by atoms with van der Waals surface area (Å²) in [5, 5.41) is 9.65. The molecule has 2 aromatic carbocycles. The van der Waals surface area contributed by atoms with Crippen molar-refractivity contribution in [2.45, 2.75) is 6.92 Å². The van der Waals surface area contributed by atoms with E-state index in [9.17, 15) is 5.11 Å². The molecule has 0 amide bonds. The number of hydrogen-bond acceptors (Lipinski definition) is 1. The van der Waals surface area contributed by atoms with Crippen molar-refractivity contribution in [3.8, 4) is 16.9 Å². The molecule has 0 fully saturated rings. The van der Waals surface area contributed by atoms with Gasteiger partial charge in [-0.2, -0.15) is 0 Å². The third-order valence-corrected chi connectivity index (χ3v) is 2.09. The molecule has 1 nitrogen and oxygen atoms in total. The molecule has 0 radical (unpaired) electrons. The monoisotopic (exact) mass is 182 g/mol. The molecule has 0 aromatic heterocycles. The summed E-state index contributed by atoms with van der Waals surface area (Å²) in [4.78, 5) is 0. The molecule has 0 saturated carbocycles. The van der Waals surface area contributed by atoms with E-state index in [1.54, 1.807) is 12.1 Å². The molecule has 0 aliphatic carbocycles. The molecule has 0 bridgehead atoms. The van der Waals surface area contributed by atoms with Crippen molar-refractivity contribution in [3.63, 3.8) is 0 Å². The number of phenolic OH excluding ortho intramolecular Hbond substituents is 1. The zero-order valence-electron chi connectivity index (χ0n) is 7.91. The van der Waals surface area contributed by atoms with E-state index >= 15 is 0 Å². The number of benzene rings is 1. The highest BCUT2D eigenvalue weighted by Gasteiger charge is 2.02. The second-order valence-electron chi connectivity index (χ2n) is 3.23. The molecule has 68 valence electrons. The summed E-state index contributed by atoms with van der Waals surface area (Å²) in [6.45, 7) is 2.00. The van der Waals surface area contributed by atoms with E-state index in [1.807, 2.05) is 31.2 Å². The molecule has 0 atom stereocenters. The second-order valence-corrected chi connectivity index (χ2v) is 3.23. The van der Waals surface area contributed by atoms with Gasteiger partial charge in [0, 0.05) is 11.1 Å². The maximum Gasteiger partial charge on any atom is 0.124 e. The van der Waals surface area contributed by atoms with Gasteiger partial charge in [0.25, 0.3) is 0 Å². The molecular weight excluding hydrogens is 172 g/mol. The Balaban J connectivity index is 2.57. The van der Waals surface area contributed by atoms with Crippen LogP contribution in [-0.2, 0) is 0 Å². The Labute approximate surface area is 83.6 Å². The summed E-state index contributed by atoms with van der Waals surface area (Å²) >= 11 is 0. The van der Waals surface area contributed by atoms with Crippen LogP contribution in [0.25, 0.3) is 11.1 Å². The van der Waals surface area contributed by atoms with Crippen LogP contribution < -0.4 is 0 Å². The van der Waals surface area contributed by atoms with Crippen LogP contribution in [0.4, 0.5) is 0 Å². The van der Waals surface area contributed by atoms with Crippen molar-refractivity contribution in [1.82, 2.24) is 0 Å². The first kappa shape index (κ1) is 8.65. The molecule has 2 rings (SSSR count). The van der Waals surface area contributed by atoms with Crippen molar-refractivity contribution < 1.29 is 5.11 Å². The summed E-state index contributed by atoms with van der Waals surface area (Å²) in [7, 11) is 0. The van der Waals surface area contributed by atoms with Crippen LogP contribution in [0.2, 0.25) is 0 Å². The van der Waals surface area contributed by atoms with Crippen LogP contribution in [0.5, 0.6) is 5.75 Å². The molecule has 14 heavy (non-hydrogen) atoms. The predicted octanol–water partition coefficient (Wildman–Crippen LogP) is 2.97. The lowest BCUT2D eigenvalue weighted by molar-refractivity contribution is 0.477. The first-order valence-corrected chi connectivity index (χ1v) is 4.46. The van der Waals surface area contributed by atoms with Gasteiger partial charge in [0.1, 0.15) is 5.75 Å². The third-order valence-electron chi connectivity index (χ3n) is 2.09. The Morgan fingerprint density at radius 1 is 1.21 bits per heavy atom. The Morgan fingerprint density at radius 3 is 2.79 bits per heavy atom. The molecule has 0 unspecified atom stereocenters. The fraction of sp³-hybridized carbons (Fsp3) is 0.0769. The topological polar surface area (TPSA) is 20.2 Å². The van der Waals surface area contributed by atoms with Gasteiger partial charge < -0.3 is 5.11 Å². The standard InChI is InChI=1S/C13H10O/c1-10-7-8-13(14)12(9-10)11-5-3-2-4-6-11/h2-3,5,7-9,14H,1H3. The second kappa shape index (κ2) is 3.43. The smallest absolute Gasteiger partial charge is 0.124 e. The molecule has 0 heterocycles. The highest BCUT2D eigenvalue weighted by molar-refractivity contribution is 5.69. The van der Waals surface area contributed by atoms with Gasteiger partial charge in [-0.25, -0.2) is 0 Å². The molecule has 0 aliphatic heterocycles. The summed E-state index contributed by atoms with van der Waals surface area (Å²) in [5.41, 5.74) is 2.80. The normalized spacial score (nSPS) is 9.50. The van der Waals surface area contributed by atoms with Gasteiger partial charge in [0.15, 0.2) is 0 Å². The fourth-order valence-corrected chi connectivity index (χ4v) is 1.38. The van der Waals surface area contributed by atoms with Gasteiger partial charge in [-0.05, 0) is 31.2 Å². The van der Waals surface area contributed by atoms with Gasteiger partial charge in [-0.3, -0.25) is 0 Å². The molecule has 0 saturated heterocycles. The summed E-state index contributed by atoms with van der Waals surface area (Å²) < 4.78 is 0. The molecule has 1 N–H and O–H groups in total. The minimum Gasteiger partial charge on any atom is -0.507 e. The lowest BCUT2D eigenvalue weighted by Gasteiger charge is -2.03. The summed E-state index contributed by atoms with van der Waals surface area (Å²) in [5.74, 6) is 0.284. The van der Waals surface area contributed by atoms with E-state index in [2.05, 4.69) is 12.1 Å². The largest absolute Gasteiger partial charge is 0.507 e.